The molecule has 1 aliphatic heterocycles. The molecule has 172 valence electrons. The third kappa shape index (κ3) is 4.08. The topological polar surface area (TPSA) is 123 Å². The second kappa shape index (κ2) is 9.10. The third-order valence-electron chi connectivity index (χ3n) is 5.46. The number of nitro groups is 1. The highest BCUT2D eigenvalue weighted by Gasteiger charge is 2.46. The van der Waals surface area contributed by atoms with Crippen LogP contribution >= 0.6 is 0 Å². The number of nitrogens with zero attached hydrogens (tertiary/aromatic N) is 3. The predicted octanol–water partition coefficient (Wildman–Crippen LogP) is 3.76. The fourth-order valence-corrected chi connectivity index (χ4v) is 3.83. The zero-order chi connectivity index (χ0) is 24.4. The van der Waals surface area contributed by atoms with E-state index >= 15 is 0 Å². The minimum absolute atomic E-state index is 0.00613. The van der Waals surface area contributed by atoms with Crippen molar-refractivity contribution in [3.05, 3.63) is 105 Å². The van der Waals surface area contributed by atoms with Crippen LogP contribution in [0.1, 0.15) is 22.7 Å². The molecule has 0 unspecified atom stereocenters. The predicted molar refractivity (Wildman–Crippen MR) is 118 cm³/mol. The van der Waals surface area contributed by atoms with Gasteiger partial charge in [-0.15, -0.1) is 0 Å². The lowest BCUT2D eigenvalue weighted by molar-refractivity contribution is -0.384. The summed E-state index contributed by atoms with van der Waals surface area (Å²) in [5.41, 5.74) is 0.540. The Balaban J connectivity index is 1.86. The first-order chi connectivity index (χ1) is 16.3. The summed E-state index contributed by atoms with van der Waals surface area (Å²) in [5.74, 6) is -3.22. The Morgan fingerprint density at radius 1 is 1.21 bits per heavy atom. The lowest BCUT2D eigenvalue weighted by Crippen LogP contribution is -2.29. The Labute approximate surface area is 192 Å². The summed E-state index contributed by atoms with van der Waals surface area (Å²) in [7, 11) is 1.29. The van der Waals surface area contributed by atoms with Crippen LogP contribution in [-0.4, -0.2) is 38.7 Å². The highest BCUT2D eigenvalue weighted by molar-refractivity contribution is 6.46. The lowest BCUT2D eigenvalue weighted by Gasteiger charge is -2.25. The molecule has 10 heteroatoms. The number of halogens is 1. The Hall–Kier alpha value is -4.60. The number of ketones is 1. The molecule has 1 aromatic heterocycles. The van der Waals surface area contributed by atoms with E-state index < -0.39 is 34.2 Å². The molecule has 0 saturated carbocycles. The largest absolute Gasteiger partial charge is 0.507 e. The summed E-state index contributed by atoms with van der Waals surface area (Å²) >= 11 is 0. The van der Waals surface area contributed by atoms with Crippen LogP contribution in [-0.2, 0) is 16.1 Å². The molecule has 1 N–H and O–H groups in total. The molecule has 2 aromatic carbocycles. The third-order valence-corrected chi connectivity index (χ3v) is 5.46. The molecule has 0 aliphatic carbocycles. The highest BCUT2D eigenvalue weighted by Crippen LogP contribution is 2.41. The van der Waals surface area contributed by atoms with Crippen LogP contribution in [0.25, 0.3) is 5.76 Å². The van der Waals surface area contributed by atoms with Gasteiger partial charge in [-0.25, -0.2) is 4.39 Å². The number of Topliss-reactive ketones (excluding diaryl/α,β-unsaturated/α-hetero) is 1. The second-order valence-corrected chi connectivity index (χ2v) is 7.49. The average molecular weight is 463 g/mol. The van der Waals surface area contributed by atoms with E-state index in [1.165, 1.54) is 54.6 Å². The number of aliphatic hydroxyl groups is 1. The number of hydrogen-bond donors (Lipinski definition) is 1. The second-order valence-electron chi connectivity index (χ2n) is 7.49. The summed E-state index contributed by atoms with van der Waals surface area (Å²) in [6, 6.07) is 11.3. The molecule has 1 aliphatic rings. The van der Waals surface area contributed by atoms with Gasteiger partial charge in [0, 0.05) is 36.6 Å². The molecule has 1 atom stereocenters. The molecule has 0 spiro atoms. The number of aromatic nitrogens is 1. The number of benzene rings is 2. The van der Waals surface area contributed by atoms with Crippen LogP contribution < -0.4 is 4.74 Å². The Morgan fingerprint density at radius 3 is 2.53 bits per heavy atom. The summed E-state index contributed by atoms with van der Waals surface area (Å²) in [6.45, 7) is -0.00613. The van der Waals surface area contributed by atoms with Crippen molar-refractivity contribution in [3.63, 3.8) is 0 Å². The maximum atomic E-state index is 14.3. The van der Waals surface area contributed by atoms with Crippen molar-refractivity contribution < 1.29 is 28.7 Å². The molecule has 0 radical (unpaired) electrons. The van der Waals surface area contributed by atoms with Crippen molar-refractivity contribution in [2.45, 2.75) is 12.6 Å². The normalized spacial score (nSPS) is 17.1. The van der Waals surface area contributed by atoms with Gasteiger partial charge in [0.1, 0.15) is 5.76 Å². The number of carbonyl (C=O) groups excluding carboxylic acids is 2. The van der Waals surface area contributed by atoms with Crippen LogP contribution in [0, 0.1) is 15.9 Å². The first-order valence-electron chi connectivity index (χ1n) is 10.1. The van der Waals surface area contributed by atoms with Crippen molar-refractivity contribution in [2.75, 3.05) is 7.11 Å². The summed E-state index contributed by atoms with van der Waals surface area (Å²) in [5, 5.41) is 22.1. The summed E-state index contributed by atoms with van der Waals surface area (Å²) in [4.78, 5) is 41.8. The number of methoxy groups -OCH3 is 1. The minimum atomic E-state index is -1.06. The number of hydrogen-bond acceptors (Lipinski definition) is 7. The van der Waals surface area contributed by atoms with Gasteiger partial charge < -0.3 is 14.7 Å². The average Bonchev–Trinajstić information content (AvgIpc) is 3.09. The SMILES string of the molecule is COc1ccc(C(O)=C2C(=O)C(=O)N(Cc3cccnc3)[C@@H]2c2ccc([N+](=O)[O-])cc2)cc1F. The summed E-state index contributed by atoms with van der Waals surface area (Å²) in [6.07, 6.45) is 3.09. The van der Waals surface area contributed by atoms with E-state index in [0.717, 1.165) is 6.07 Å². The van der Waals surface area contributed by atoms with Gasteiger partial charge in [0.2, 0.25) is 0 Å². The number of non-ortho nitro benzene ring substituents is 1. The van der Waals surface area contributed by atoms with Crippen molar-refractivity contribution in [2.24, 2.45) is 0 Å². The van der Waals surface area contributed by atoms with E-state index in [-0.39, 0.29) is 29.1 Å². The molecule has 4 rings (SSSR count). The number of aliphatic hydroxyl groups excluding tert-OH is 1. The first-order valence-corrected chi connectivity index (χ1v) is 10.1. The van der Waals surface area contributed by atoms with Crippen molar-refractivity contribution >= 4 is 23.1 Å². The molecule has 1 amide bonds. The van der Waals surface area contributed by atoms with Crippen LogP contribution in [0.2, 0.25) is 0 Å². The molecular formula is C24H18FN3O6. The van der Waals surface area contributed by atoms with Crippen molar-refractivity contribution in [3.8, 4) is 5.75 Å². The van der Waals surface area contributed by atoms with E-state index in [1.807, 2.05) is 0 Å². The number of rotatable bonds is 6. The van der Waals surface area contributed by atoms with Gasteiger partial charge in [-0.1, -0.05) is 6.07 Å². The van der Waals surface area contributed by atoms with Crippen LogP contribution in [0.15, 0.2) is 72.6 Å². The zero-order valence-corrected chi connectivity index (χ0v) is 17.8. The molecule has 1 fully saturated rings. The number of pyridine rings is 1. The van der Waals surface area contributed by atoms with Crippen LogP contribution in [0.5, 0.6) is 5.75 Å². The standard InChI is InChI=1S/C24H18FN3O6/c1-34-19-9-6-16(11-18(19)25)22(29)20-21(15-4-7-17(8-5-15)28(32)33)27(24(31)23(20)30)13-14-3-2-10-26-12-14/h2-12,21,29H,13H2,1H3/t21-/m1/s1. The highest BCUT2D eigenvalue weighted by atomic mass is 19.1. The van der Waals surface area contributed by atoms with Gasteiger partial charge in [0.15, 0.2) is 11.6 Å². The van der Waals surface area contributed by atoms with Gasteiger partial charge in [0.25, 0.3) is 17.4 Å². The summed E-state index contributed by atoms with van der Waals surface area (Å²) < 4.78 is 19.2. The van der Waals surface area contributed by atoms with Gasteiger partial charge in [0.05, 0.1) is 23.6 Å². The number of likely N-dealkylation sites (tertiary alicyclic amines) is 1. The maximum Gasteiger partial charge on any atom is 0.295 e. The van der Waals surface area contributed by atoms with Gasteiger partial charge in [-0.05, 0) is 47.5 Å². The molecule has 2 heterocycles. The number of carbonyl (C=O) groups is 2. The first kappa shape index (κ1) is 22.6. The fourth-order valence-electron chi connectivity index (χ4n) is 3.83. The lowest BCUT2D eigenvalue weighted by atomic mass is 9.95. The smallest absolute Gasteiger partial charge is 0.295 e. The molecule has 0 bridgehead atoms. The molecule has 3 aromatic rings. The Kier molecular flexibility index (Phi) is 6.05. The van der Waals surface area contributed by atoms with E-state index in [1.54, 1.807) is 18.3 Å². The Morgan fingerprint density at radius 2 is 1.94 bits per heavy atom. The zero-order valence-electron chi connectivity index (χ0n) is 17.8. The Bertz CT molecular complexity index is 1310. The molecule has 1 saturated heterocycles. The molecular weight excluding hydrogens is 445 g/mol. The molecule has 34 heavy (non-hydrogen) atoms. The minimum Gasteiger partial charge on any atom is -0.507 e. The van der Waals surface area contributed by atoms with Crippen molar-refractivity contribution in [1.29, 1.82) is 0 Å². The fraction of sp³-hybridized carbons (Fsp3) is 0.125. The quantitative estimate of drug-likeness (QED) is 0.194. The maximum absolute atomic E-state index is 14.3. The van der Waals surface area contributed by atoms with E-state index in [9.17, 15) is 29.2 Å². The van der Waals surface area contributed by atoms with Crippen LogP contribution in [0.4, 0.5) is 10.1 Å². The number of nitro benzene ring substituents is 1. The van der Waals surface area contributed by atoms with E-state index in [0.29, 0.717) is 11.1 Å². The van der Waals surface area contributed by atoms with E-state index in [2.05, 4.69) is 4.98 Å². The van der Waals surface area contributed by atoms with Gasteiger partial charge in [-0.2, -0.15) is 0 Å². The van der Waals surface area contributed by atoms with Gasteiger partial charge >= 0.3 is 0 Å². The van der Waals surface area contributed by atoms with E-state index in [4.69, 9.17) is 4.74 Å². The van der Waals surface area contributed by atoms with Gasteiger partial charge in [-0.3, -0.25) is 24.7 Å². The number of ether oxygens (including phenoxy) is 1. The number of amides is 1. The monoisotopic (exact) mass is 463 g/mol. The van der Waals surface area contributed by atoms with Crippen molar-refractivity contribution in [1.82, 2.24) is 9.88 Å². The molecule has 9 nitrogen and oxygen atoms in total. The van der Waals surface area contributed by atoms with Crippen LogP contribution in [0.3, 0.4) is 0 Å².